The van der Waals surface area contributed by atoms with Crippen molar-refractivity contribution in [2.75, 3.05) is 27.2 Å². The van der Waals surface area contributed by atoms with Gasteiger partial charge >= 0.3 is 5.97 Å². The number of ether oxygens (including phenoxy) is 2. The minimum atomic E-state index is -1.38. The van der Waals surface area contributed by atoms with E-state index < -0.39 is 89.7 Å². The average Bonchev–Trinajstić information content (AvgIpc) is 3.80. The van der Waals surface area contributed by atoms with Crippen LogP contribution in [0, 0.1) is 11.8 Å². The highest BCUT2D eigenvalue weighted by atomic mass is 16.5. The first kappa shape index (κ1) is 40.1. The maximum Gasteiger partial charge on any atom is 0.329 e. The number of hydrogen-bond donors (Lipinski definition) is 3. The third-order valence-electron chi connectivity index (χ3n) is 10.2. The van der Waals surface area contributed by atoms with Crippen molar-refractivity contribution in [3.05, 3.63) is 29.8 Å². The van der Waals surface area contributed by atoms with Crippen molar-refractivity contribution in [3.63, 3.8) is 0 Å². The van der Waals surface area contributed by atoms with Crippen molar-refractivity contribution in [3.8, 4) is 5.75 Å². The van der Waals surface area contributed by atoms with E-state index in [4.69, 9.17) is 9.47 Å². The summed E-state index contributed by atoms with van der Waals surface area (Å²) in [6.45, 7) is 10.2. The van der Waals surface area contributed by atoms with Crippen LogP contribution in [-0.4, -0.2) is 126 Å². The third-order valence-corrected chi connectivity index (χ3v) is 10.2. The van der Waals surface area contributed by atoms with E-state index in [1.165, 1.54) is 42.7 Å². The standard InChI is InChI=1S/C37H54N6O9/c1-20(2)29-36(49)43-18-10-12-27(43)35(48)42-17-9-11-26(42)34(47)41(7)28(19-24-13-15-25(51-8)16-14-24)32(45)40-30(21(3)4)37(50)52-22(5)31(33(46)39-29)38-23(6)44/h13-16,20-22,26-31H,9-12,17-19H2,1-8H3,(H,38,44)(H,39,46)(H,40,45)/t22-,26+,27+,28+,29-,30+,31+/m1/s1. The Labute approximate surface area is 305 Å². The second kappa shape index (κ2) is 17.2. The maximum absolute atomic E-state index is 14.3. The van der Waals surface area contributed by atoms with E-state index in [0.29, 0.717) is 38.0 Å². The molecule has 286 valence electrons. The molecule has 1 aromatic rings. The van der Waals surface area contributed by atoms with Gasteiger partial charge in [-0.1, -0.05) is 39.8 Å². The third kappa shape index (κ3) is 9.02. The van der Waals surface area contributed by atoms with Crippen LogP contribution < -0.4 is 20.7 Å². The Balaban J connectivity index is 1.79. The van der Waals surface area contributed by atoms with Crippen LogP contribution >= 0.6 is 0 Å². The molecule has 0 aromatic heterocycles. The van der Waals surface area contributed by atoms with E-state index in [1.54, 1.807) is 52.0 Å². The molecule has 3 N–H and O–H groups in total. The van der Waals surface area contributed by atoms with Crippen LogP contribution in [0.2, 0.25) is 0 Å². The number of hydrogen-bond acceptors (Lipinski definition) is 9. The number of amides is 6. The number of likely N-dealkylation sites (N-methyl/N-ethyl adjacent to an activating group) is 1. The van der Waals surface area contributed by atoms with Crippen LogP contribution in [0.15, 0.2) is 24.3 Å². The summed E-state index contributed by atoms with van der Waals surface area (Å²) in [6.07, 6.45) is 0.738. The molecule has 3 aliphatic rings. The maximum atomic E-state index is 14.3. The Morgan fingerprint density at radius 2 is 1.38 bits per heavy atom. The fourth-order valence-corrected chi connectivity index (χ4v) is 7.17. The topological polar surface area (TPSA) is 184 Å². The average molecular weight is 727 g/mol. The second-order valence-corrected chi connectivity index (χ2v) is 14.7. The minimum Gasteiger partial charge on any atom is -0.497 e. The van der Waals surface area contributed by atoms with Crippen molar-refractivity contribution < 1.29 is 43.0 Å². The molecule has 52 heavy (non-hydrogen) atoms. The van der Waals surface area contributed by atoms with Crippen LogP contribution in [0.4, 0.5) is 0 Å². The van der Waals surface area contributed by atoms with Crippen LogP contribution in [-0.2, 0) is 44.7 Å². The summed E-state index contributed by atoms with van der Waals surface area (Å²) in [5.41, 5.74) is 0.722. The molecule has 0 bridgehead atoms. The number of rotatable bonds is 6. The molecule has 1 aromatic carbocycles. The Morgan fingerprint density at radius 1 is 0.846 bits per heavy atom. The molecule has 3 saturated heterocycles. The predicted octanol–water partition coefficient (Wildman–Crippen LogP) is 0.778. The van der Waals surface area contributed by atoms with Crippen LogP contribution in [0.3, 0.4) is 0 Å². The largest absolute Gasteiger partial charge is 0.497 e. The molecule has 15 nitrogen and oxygen atoms in total. The summed E-state index contributed by atoms with van der Waals surface area (Å²) in [6, 6.07) is 0.601. The van der Waals surface area contributed by atoms with Crippen molar-refractivity contribution in [1.29, 1.82) is 0 Å². The molecule has 4 rings (SSSR count). The van der Waals surface area contributed by atoms with E-state index >= 15 is 0 Å². The number of carbonyl (C=O) groups excluding carboxylic acids is 7. The van der Waals surface area contributed by atoms with Crippen molar-refractivity contribution in [2.24, 2.45) is 11.8 Å². The lowest BCUT2D eigenvalue weighted by Gasteiger charge is -2.36. The van der Waals surface area contributed by atoms with E-state index in [1.807, 2.05) is 0 Å². The van der Waals surface area contributed by atoms with Crippen molar-refractivity contribution >= 4 is 41.4 Å². The number of benzene rings is 1. The van der Waals surface area contributed by atoms with Gasteiger partial charge < -0.3 is 40.1 Å². The Bertz CT molecular complexity index is 1510. The Morgan fingerprint density at radius 3 is 1.92 bits per heavy atom. The predicted molar refractivity (Wildman–Crippen MR) is 189 cm³/mol. The smallest absolute Gasteiger partial charge is 0.329 e. The summed E-state index contributed by atoms with van der Waals surface area (Å²) in [5, 5.41) is 8.07. The fraction of sp³-hybridized carbons (Fsp3) is 0.649. The van der Waals surface area contributed by atoms with E-state index in [2.05, 4.69) is 16.0 Å². The summed E-state index contributed by atoms with van der Waals surface area (Å²) in [4.78, 5) is 101. The van der Waals surface area contributed by atoms with Gasteiger partial charge in [-0.15, -0.1) is 0 Å². The normalized spacial score (nSPS) is 28.4. The summed E-state index contributed by atoms with van der Waals surface area (Å²) in [5.74, 6) is -4.32. The lowest BCUT2D eigenvalue weighted by atomic mass is 10.00. The first-order valence-corrected chi connectivity index (χ1v) is 18.1. The minimum absolute atomic E-state index is 0.0846. The fourth-order valence-electron chi connectivity index (χ4n) is 7.17. The Hall–Kier alpha value is -4.69. The number of esters is 1. The highest BCUT2D eigenvalue weighted by Crippen LogP contribution is 2.28. The summed E-state index contributed by atoms with van der Waals surface area (Å²) >= 11 is 0. The van der Waals surface area contributed by atoms with E-state index in [-0.39, 0.29) is 18.9 Å². The number of cyclic esters (lactones) is 1. The van der Waals surface area contributed by atoms with Gasteiger partial charge in [-0.2, -0.15) is 0 Å². The molecule has 7 atom stereocenters. The molecule has 0 spiro atoms. The number of carbonyl (C=O) groups is 7. The van der Waals surface area contributed by atoms with Gasteiger partial charge in [0.2, 0.25) is 35.4 Å². The number of fused-ring (bicyclic) bond motifs is 2. The second-order valence-electron chi connectivity index (χ2n) is 14.7. The molecular weight excluding hydrogens is 672 g/mol. The molecule has 0 saturated carbocycles. The molecule has 0 aliphatic carbocycles. The van der Waals surface area contributed by atoms with Gasteiger partial charge in [0.1, 0.15) is 48.1 Å². The monoisotopic (exact) mass is 726 g/mol. The molecule has 3 heterocycles. The van der Waals surface area contributed by atoms with E-state index in [9.17, 15) is 33.6 Å². The highest BCUT2D eigenvalue weighted by molar-refractivity contribution is 5.98. The van der Waals surface area contributed by atoms with Gasteiger partial charge in [-0.3, -0.25) is 28.8 Å². The molecule has 15 heteroatoms. The van der Waals surface area contributed by atoms with Gasteiger partial charge in [0.05, 0.1) is 7.11 Å². The first-order valence-electron chi connectivity index (χ1n) is 18.1. The first-order chi connectivity index (χ1) is 24.5. The van der Waals surface area contributed by atoms with Crippen LogP contribution in [0.1, 0.15) is 72.8 Å². The van der Waals surface area contributed by atoms with Gasteiger partial charge in [0, 0.05) is 33.5 Å². The zero-order valence-corrected chi connectivity index (χ0v) is 31.5. The lowest BCUT2D eigenvalue weighted by Crippen LogP contribution is -2.61. The molecule has 0 radical (unpaired) electrons. The molecular formula is C37H54N6O9. The van der Waals surface area contributed by atoms with Gasteiger partial charge in [-0.25, -0.2) is 4.79 Å². The zero-order valence-electron chi connectivity index (χ0n) is 31.5. The summed E-state index contributed by atoms with van der Waals surface area (Å²) < 4.78 is 11.0. The van der Waals surface area contributed by atoms with Gasteiger partial charge in [0.15, 0.2) is 0 Å². The van der Waals surface area contributed by atoms with Crippen LogP contribution in [0.5, 0.6) is 5.75 Å². The Kier molecular flexibility index (Phi) is 13.3. The quantitative estimate of drug-likeness (QED) is 0.357. The van der Waals surface area contributed by atoms with Gasteiger partial charge in [0.25, 0.3) is 0 Å². The van der Waals surface area contributed by atoms with E-state index in [0.717, 1.165) is 5.56 Å². The molecule has 0 unspecified atom stereocenters. The molecule has 6 amide bonds. The highest BCUT2D eigenvalue weighted by Gasteiger charge is 2.46. The molecule has 3 aliphatic heterocycles. The molecule has 3 fully saturated rings. The number of nitrogens with one attached hydrogen (secondary N) is 3. The van der Waals surface area contributed by atoms with Crippen molar-refractivity contribution in [1.82, 2.24) is 30.7 Å². The van der Waals surface area contributed by atoms with Gasteiger partial charge in [-0.05, 0) is 62.1 Å². The zero-order chi connectivity index (χ0) is 38.4. The van der Waals surface area contributed by atoms with Crippen LogP contribution in [0.25, 0.3) is 0 Å². The van der Waals surface area contributed by atoms with Crippen molar-refractivity contribution in [2.45, 2.75) is 116 Å². The number of nitrogens with zero attached hydrogens (tertiary/aromatic N) is 3. The summed E-state index contributed by atoms with van der Waals surface area (Å²) in [7, 11) is 3.05. The lowest BCUT2D eigenvalue weighted by molar-refractivity contribution is -0.157. The number of methoxy groups -OCH3 is 1. The SMILES string of the molecule is COc1ccc(C[C@H]2C(=O)N[C@@H](C(C)C)C(=O)O[C@H](C)[C@H](NC(C)=O)C(=O)N[C@H](C(C)C)C(=O)N3CCC[C@H]3C(=O)N3CCC[C@H]3C(=O)N2C)cc1.